The zero-order valence-electron chi connectivity index (χ0n) is 9.71. The van der Waals surface area contributed by atoms with Crippen LogP contribution in [0.2, 0.25) is 5.02 Å². The Morgan fingerprint density at radius 3 is 2.88 bits per heavy atom. The Bertz CT molecular complexity index is 321. The topological polar surface area (TPSA) is 15.3 Å². The molecule has 2 heterocycles. The molecule has 0 spiro atoms. The molecule has 1 aliphatic heterocycles. The van der Waals surface area contributed by atoms with Gasteiger partial charge in [0.25, 0.3) is 0 Å². The first-order chi connectivity index (χ1) is 7.74. The fourth-order valence-electron chi connectivity index (χ4n) is 2.14. The van der Waals surface area contributed by atoms with Crippen molar-refractivity contribution in [3.8, 4) is 0 Å². The molecular weight excluding hydrogens is 240 g/mol. The van der Waals surface area contributed by atoms with Crippen molar-refractivity contribution >= 4 is 22.9 Å². The Morgan fingerprint density at radius 1 is 1.50 bits per heavy atom. The van der Waals surface area contributed by atoms with Gasteiger partial charge in [-0.2, -0.15) is 0 Å². The zero-order valence-corrected chi connectivity index (χ0v) is 11.3. The molecular formula is C12H19ClN2S. The minimum atomic E-state index is 0.555. The van der Waals surface area contributed by atoms with Crippen molar-refractivity contribution in [3.05, 3.63) is 21.3 Å². The van der Waals surface area contributed by atoms with Crippen molar-refractivity contribution in [1.29, 1.82) is 0 Å². The number of hydrogen-bond acceptors (Lipinski definition) is 3. The van der Waals surface area contributed by atoms with Gasteiger partial charge in [0, 0.05) is 29.4 Å². The van der Waals surface area contributed by atoms with Crippen LogP contribution in [0.5, 0.6) is 0 Å². The van der Waals surface area contributed by atoms with E-state index in [2.05, 4.69) is 17.1 Å². The molecule has 0 amide bonds. The first kappa shape index (κ1) is 12.4. The Morgan fingerprint density at radius 2 is 2.25 bits per heavy atom. The van der Waals surface area contributed by atoms with Crippen LogP contribution in [0.3, 0.4) is 0 Å². The number of thiophene rings is 1. The summed E-state index contributed by atoms with van der Waals surface area (Å²) in [5, 5.41) is 6.39. The minimum Gasteiger partial charge on any atom is -0.308 e. The second-order valence-electron chi connectivity index (χ2n) is 4.52. The molecule has 1 unspecified atom stereocenters. The largest absolute Gasteiger partial charge is 0.308 e. The summed E-state index contributed by atoms with van der Waals surface area (Å²) in [7, 11) is 0. The second-order valence-corrected chi connectivity index (χ2v) is 5.95. The summed E-state index contributed by atoms with van der Waals surface area (Å²) in [6.45, 7) is 6.91. The van der Waals surface area contributed by atoms with Crippen molar-refractivity contribution in [2.24, 2.45) is 0 Å². The van der Waals surface area contributed by atoms with Gasteiger partial charge in [0.2, 0.25) is 0 Å². The molecule has 1 aromatic heterocycles. The lowest BCUT2D eigenvalue weighted by Gasteiger charge is -2.20. The van der Waals surface area contributed by atoms with E-state index in [0.29, 0.717) is 6.04 Å². The predicted octanol–water partition coefficient (Wildman–Crippen LogP) is 2.98. The van der Waals surface area contributed by atoms with Crippen LogP contribution in [0.4, 0.5) is 0 Å². The SMILES string of the molecule is CC(CN1CCCC1)NCc1cc(Cl)cs1. The molecule has 1 fully saturated rings. The monoisotopic (exact) mass is 258 g/mol. The van der Waals surface area contributed by atoms with Crippen LogP contribution in [0, 0.1) is 0 Å². The van der Waals surface area contributed by atoms with Crippen LogP contribution in [-0.2, 0) is 6.54 Å². The molecule has 16 heavy (non-hydrogen) atoms. The molecule has 4 heteroatoms. The van der Waals surface area contributed by atoms with Crippen LogP contribution in [0.15, 0.2) is 11.4 Å². The van der Waals surface area contributed by atoms with E-state index >= 15 is 0 Å². The highest BCUT2D eigenvalue weighted by atomic mass is 35.5. The third kappa shape index (κ3) is 3.74. The molecule has 0 radical (unpaired) electrons. The number of nitrogens with one attached hydrogen (secondary N) is 1. The summed E-state index contributed by atoms with van der Waals surface area (Å²) >= 11 is 7.61. The summed E-state index contributed by atoms with van der Waals surface area (Å²) in [5.41, 5.74) is 0. The summed E-state index contributed by atoms with van der Waals surface area (Å²) in [6.07, 6.45) is 2.74. The van der Waals surface area contributed by atoms with Gasteiger partial charge >= 0.3 is 0 Å². The van der Waals surface area contributed by atoms with Crippen LogP contribution in [0.25, 0.3) is 0 Å². The highest BCUT2D eigenvalue weighted by molar-refractivity contribution is 7.10. The third-order valence-electron chi connectivity index (χ3n) is 2.98. The quantitative estimate of drug-likeness (QED) is 0.874. The number of rotatable bonds is 5. The number of hydrogen-bond donors (Lipinski definition) is 1. The van der Waals surface area contributed by atoms with Crippen molar-refractivity contribution in [2.75, 3.05) is 19.6 Å². The van der Waals surface area contributed by atoms with Gasteiger partial charge in [-0.3, -0.25) is 0 Å². The molecule has 2 rings (SSSR count). The van der Waals surface area contributed by atoms with E-state index in [1.54, 1.807) is 11.3 Å². The van der Waals surface area contributed by atoms with Crippen LogP contribution >= 0.6 is 22.9 Å². The fourth-order valence-corrected chi connectivity index (χ4v) is 3.16. The van der Waals surface area contributed by atoms with Gasteiger partial charge in [-0.15, -0.1) is 11.3 Å². The van der Waals surface area contributed by atoms with E-state index in [-0.39, 0.29) is 0 Å². The van der Waals surface area contributed by atoms with Crippen molar-refractivity contribution < 1.29 is 0 Å². The Kier molecular flexibility index (Phi) is 4.65. The van der Waals surface area contributed by atoms with Crippen molar-refractivity contribution in [2.45, 2.75) is 32.4 Å². The number of halogens is 1. The maximum atomic E-state index is 5.89. The smallest absolute Gasteiger partial charge is 0.0516 e. The lowest BCUT2D eigenvalue weighted by atomic mass is 10.3. The molecule has 1 aliphatic rings. The van der Waals surface area contributed by atoms with Gasteiger partial charge in [-0.1, -0.05) is 11.6 Å². The molecule has 0 aromatic carbocycles. The molecule has 90 valence electrons. The van der Waals surface area contributed by atoms with Gasteiger partial charge in [0.1, 0.15) is 0 Å². The molecule has 1 aromatic rings. The molecule has 1 saturated heterocycles. The minimum absolute atomic E-state index is 0.555. The maximum Gasteiger partial charge on any atom is 0.0516 e. The van der Waals surface area contributed by atoms with E-state index in [1.807, 2.05) is 11.4 Å². The first-order valence-corrected chi connectivity index (χ1v) is 7.18. The number of nitrogens with zero attached hydrogens (tertiary/aromatic N) is 1. The van der Waals surface area contributed by atoms with Gasteiger partial charge < -0.3 is 10.2 Å². The van der Waals surface area contributed by atoms with E-state index in [0.717, 1.165) is 11.6 Å². The van der Waals surface area contributed by atoms with Crippen molar-refractivity contribution in [1.82, 2.24) is 10.2 Å². The fraction of sp³-hybridized carbons (Fsp3) is 0.667. The van der Waals surface area contributed by atoms with E-state index in [9.17, 15) is 0 Å². The summed E-state index contributed by atoms with van der Waals surface area (Å²) < 4.78 is 0. The first-order valence-electron chi connectivity index (χ1n) is 5.92. The Labute approximate surface area is 107 Å². The second kappa shape index (κ2) is 6.01. The number of likely N-dealkylation sites (tertiary alicyclic amines) is 1. The lowest BCUT2D eigenvalue weighted by Crippen LogP contribution is -2.37. The Hall–Kier alpha value is -0.0900. The molecule has 2 nitrogen and oxygen atoms in total. The standard InChI is InChI=1S/C12H19ClN2S/c1-10(8-15-4-2-3-5-15)14-7-12-6-11(13)9-16-12/h6,9-10,14H,2-5,7-8H2,1H3. The van der Waals surface area contributed by atoms with Gasteiger partial charge in [0.15, 0.2) is 0 Å². The molecule has 0 bridgehead atoms. The summed E-state index contributed by atoms with van der Waals surface area (Å²) in [6, 6.07) is 2.60. The van der Waals surface area contributed by atoms with Gasteiger partial charge in [-0.05, 0) is 38.9 Å². The molecule has 1 atom stereocenters. The normalized spacial score (nSPS) is 19.1. The molecule has 0 aliphatic carbocycles. The lowest BCUT2D eigenvalue weighted by molar-refractivity contribution is 0.298. The summed E-state index contributed by atoms with van der Waals surface area (Å²) in [5.74, 6) is 0. The van der Waals surface area contributed by atoms with Crippen molar-refractivity contribution in [3.63, 3.8) is 0 Å². The zero-order chi connectivity index (χ0) is 11.4. The van der Waals surface area contributed by atoms with Crippen LogP contribution < -0.4 is 5.32 Å². The molecule has 0 saturated carbocycles. The predicted molar refractivity (Wildman–Crippen MR) is 71.3 cm³/mol. The van der Waals surface area contributed by atoms with E-state index in [4.69, 9.17) is 11.6 Å². The summed E-state index contributed by atoms with van der Waals surface area (Å²) in [4.78, 5) is 3.86. The average molecular weight is 259 g/mol. The van der Waals surface area contributed by atoms with E-state index in [1.165, 1.54) is 37.4 Å². The highest BCUT2D eigenvalue weighted by Gasteiger charge is 2.14. The van der Waals surface area contributed by atoms with E-state index < -0.39 is 0 Å². The van der Waals surface area contributed by atoms with Crippen LogP contribution in [0.1, 0.15) is 24.6 Å². The average Bonchev–Trinajstić information content (AvgIpc) is 2.87. The van der Waals surface area contributed by atoms with Gasteiger partial charge in [-0.25, -0.2) is 0 Å². The third-order valence-corrected chi connectivity index (χ3v) is 4.26. The van der Waals surface area contributed by atoms with Gasteiger partial charge in [0.05, 0.1) is 5.02 Å². The highest BCUT2D eigenvalue weighted by Crippen LogP contribution is 2.18. The Balaban J connectivity index is 1.68. The van der Waals surface area contributed by atoms with Crippen LogP contribution in [-0.4, -0.2) is 30.6 Å². The maximum absolute atomic E-state index is 5.89. The molecule has 1 N–H and O–H groups in total.